The van der Waals surface area contributed by atoms with E-state index in [-0.39, 0.29) is 47.8 Å². The van der Waals surface area contributed by atoms with Crippen molar-refractivity contribution >= 4 is 35.5 Å². The Hall–Kier alpha value is -3.06. The molecular formula is C28H27FN5NaO4S. The summed E-state index contributed by atoms with van der Waals surface area (Å²) in [5, 5.41) is 34.8. The number of aliphatic hydroxyl groups excluding tert-OH is 2. The minimum absolute atomic E-state index is 0. The molecule has 0 fully saturated rings. The number of carboxylic acid groups (broad SMARTS) is 1. The fourth-order valence-electron chi connectivity index (χ4n) is 3.89. The number of rotatable bonds is 11. The van der Waals surface area contributed by atoms with Crippen LogP contribution in [0.15, 0.2) is 60.7 Å². The van der Waals surface area contributed by atoms with Crippen LogP contribution in [0.25, 0.3) is 27.9 Å². The van der Waals surface area contributed by atoms with Crippen LogP contribution in [-0.2, 0) is 4.79 Å². The number of carboxylic acids is 1. The molecule has 4 aromatic rings. The van der Waals surface area contributed by atoms with E-state index in [0.29, 0.717) is 28.5 Å². The molecule has 9 nitrogen and oxygen atoms in total. The fraction of sp³-hybridized carbons (Fsp3) is 0.250. The van der Waals surface area contributed by atoms with Crippen LogP contribution >= 0.6 is 11.5 Å². The fourth-order valence-corrected chi connectivity index (χ4v) is 4.52. The van der Waals surface area contributed by atoms with Gasteiger partial charge in [-0.25, -0.2) is 14.4 Å². The number of hydrogen-bond donors (Lipinski definition) is 3. The Bertz CT molecular complexity index is 1450. The molecule has 0 bridgehead atoms. The SMILES string of the molecule is CC(C)c1nc(Nc2nsc(-c3ccccc3)n2)nc(-c2ccc(F)cc2)c1/C=C/[C@@H](O)C[C@@H](O)CC(=O)[O-].[Na+]. The Morgan fingerprint density at radius 2 is 1.73 bits per heavy atom. The van der Waals surface area contributed by atoms with Crippen molar-refractivity contribution in [2.24, 2.45) is 0 Å². The number of carbonyl (C=O) groups excluding carboxylic acids is 1. The molecule has 0 spiro atoms. The number of aliphatic hydroxyl groups is 2. The standard InChI is InChI=1S/C28H28FN5O4S.Na/c1-16(2)24-22(13-12-20(35)14-21(36)15-23(37)38)25(17-8-10-19(29)11-9-17)31-27(30-24)33-28-32-26(39-34-28)18-6-4-3-5-7-18;/h3-13,16,20-21,35-36H,14-15H2,1-2H3,(H,37,38)(H,30,31,33,34);/q;+1/p-1/b13-12+;/t20-,21-;/m1./s1. The van der Waals surface area contributed by atoms with Gasteiger partial charge >= 0.3 is 29.6 Å². The Morgan fingerprint density at radius 3 is 2.38 bits per heavy atom. The van der Waals surface area contributed by atoms with Crippen molar-refractivity contribution in [3.63, 3.8) is 0 Å². The Balaban J connectivity index is 0.00000441. The molecule has 4 rings (SSSR count). The van der Waals surface area contributed by atoms with E-state index < -0.39 is 30.4 Å². The van der Waals surface area contributed by atoms with Crippen LogP contribution in [0.3, 0.4) is 0 Å². The van der Waals surface area contributed by atoms with Crippen LogP contribution in [-0.4, -0.2) is 47.7 Å². The topological polar surface area (TPSA) is 144 Å². The van der Waals surface area contributed by atoms with E-state index >= 15 is 0 Å². The first-order valence-corrected chi connectivity index (χ1v) is 13.0. The molecule has 2 heterocycles. The molecule has 0 amide bonds. The van der Waals surface area contributed by atoms with Crippen molar-refractivity contribution in [1.82, 2.24) is 19.3 Å². The first kappa shape index (κ1) is 31.5. The van der Waals surface area contributed by atoms with Gasteiger partial charge < -0.3 is 20.1 Å². The molecule has 2 aromatic heterocycles. The van der Waals surface area contributed by atoms with Gasteiger partial charge in [0.25, 0.3) is 0 Å². The predicted octanol–water partition coefficient (Wildman–Crippen LogP) is 0.937. The van der Waals surface area contributed by atoms with E-state index in [1.807, 2.05) is 44.2 Å². The number of aromatic nitrogens is 4. The van der Waals surface area contributed by atoms with E-state index in [1.165, 1.54) is 29.7 Å². The second kappa shape index (κ2) is 14.5. The number of aliphatic carboxylic acids is 1. The van der Waals surface area contributed by atoms with Gasteiger partial charge in [-0.2, -0.15) is 9.36 Å². The van der Waals surface area contributed by atoms with Gasteiger partial charge in [0.15, 0.2) is 0 Å². The zero-order valence-corrected chi connectivity index (χ0v) is 25.1. The Kier molecular flexibility index (Phi) is 11.4. The molecule has 0 saturated carbocycles. The molecular weight excluding hydrogens is 544 g/mol. The number of benzene rings is 2. The molecule has 0 aliphatic rings. The zero-order valence-electron chi connectivity index (χ0n) is 22.3. The summed E-state index contributed by atoms with van der Waals surface area (Å²) < 4.78 is 18.1. The van der Waals surface area contributed by atoms with E-state index in [1.54, 1.807) is 18.2 Å². The number of hydrogen-bond acceptors (Lipinski definition) is 10. The van der Waals surface area contributed by atoms with Crippen molar-refractivity contribution in [3.8, 4) is 21.8 Å². The molecule has 0 radical (unpaired) electrons. The molecule has 0 aliphatic carbocycles. The van der Waals surface area contributed by atoms with Gasteiger partial charge in [0, 0.05) is 35.5 Å². The molecule has 0 unspecified atom stereocenters. The first-order chi connectivity index (χ1) is 18.7. The van der Waals surface area contributed by atoms with Crippen LogP contribution in [0.4, 0.5) is 16.3 Å². The van der Waals surface area contributed by atoms with Gasteiger partial charge in [-0.1, -0.05) is 56.3 Å². The molecule has 2 aromatic carbocycles. The number of carbonyl (C=O) groups is 1. The molecule has 0 saturated heterocycles. The minimum atomic E-state index is -1.40. The van der Waals surface area contributed by atoms with Crippen LogP contribution in [0.2, 0.25) is 0 Å². The van der Waals surface area contributed by atoms with Gasteiger partial charge in [0.2, 0.25) is 11.9 Å². The smallest absolute Gasteiger partial charge is 0.550 e. The largest absolute Gasteiger partial charge is 1.00 e. The minimum Gasteiger partial charge on any atom is -0.550 e. The second-order valence-electron chi connectivity index (χ2n) is 9.16. The third-order valence-electron chi connectivity index (χ3n) is 5.71. The molecule has 2 atom stereocenters. The van der Waals surface area contributed by atoms with Gasteiger partial charge in [-0.3, -0.25) is 5.32 Å². The monoisotopic (exact) mass is 571 g/mol. The summed E-state index contributed by atoms with van der Waals surface area (Å²) in [7, 11) is 0. The van der Waals surface area contributed by atoms with Gasteiger partial charge in [0.05, 0.1) is 23.6 Å². The third kappa shape index (κ3) is 8.47. The van der Waals surface area contributed by atoms with Gasteiger partial charge in [-0.15, -0.1) is 0 Å². The van der Waals surface area contributed by atoms with E-state index in [4.69, 9.17) is 4.98 Å². The molecule has 12 heteroatoms. The van der Waals surface area contributed by atoms with Crippen LogP contribution in [0.1, 0.15) is 43.9 Å². The predicted molar refractivity (Wildman–Crippen MR) is 145 cm³/mol. The first-order valence-electron chi connectivity index (χ1n) is 12.3. The van der Waals surface area contributed by atoms with Crippen molar-refractivity contribution in [1.29, 1.82) is 0 Å². The van der Waals surface area contributed by atoms with Crippen LogP contribution in [0, 0.1) is 5.82 Å². The third-order valence-corrected chi connectivity index (χ3v) is 6.48. The Labute approximate surface area is 257 Å². The van der Waals surface area contributed by atoms with Gasteiger partial charge in [-0.05, 0) is 41.7 Å². The number of halogens is 1. The maximum atomic E-state index is 13.7. The Morgan fingerprint density at radius 1 is 1.02 bits per heavy atom. The second-order valence-corrected chi connectivity index (χ2v) is 9.91. The summed E-state index contributed by atoms with van der Waals surface area (Å²) in [6.07, 6.45) is -0.0880. The molecule has 202 valence electrons. The summed E-state index contributed by atoms with van der Waals surface area (Å²) >= 11 is 1.24. The summed E-state index contributed by atoms with van der Waals surface area (Å²) in [4.78, 5) is 24.6. The molecule has 0 aliphatic heterocycles. The number of nitrogens with one attached hydrogen (secondary N) is 1. The number of anilines is 2. The molecule has 3 N–H and O–H groups in total. The van der Waals surface area contributed by atoms with E-state index in [0.717, 1.165) is 10.6 Å². The average molecular weight is 572 g/mol. The normalized spacial score (nSPS) is 12.8. The maximum Gasteiger partial charge on any atom is 1.00 e. The summed E-state index contributed by atoms with van der Waals surface area (Å²) in [6, 6.07) is 15.5. The summed E-state index contributed by atoms with van der Waals surface area (Å²) in [6.45, 7) is 3.90. The van der Waals surface area contributed by atoms with Crippen molar-refractivity contribution in [2.75, 3.05) is 5.32 Å². The van der Waals surface area contributed by atoms with Gasteiger partial charge in [0.1, 0.15) is 10.8 Å². The van der Waals surface area contributed by atoms with Crippen LogP contribution in [0.5, 0.6) is 0 Å². The van der Waals surface area contributed by atoms with Crippen molar-refractivity contribution < 1.29 is 54.1 Å². The zero-order chi connectivity index (χ0) is 27.9. The van der Waals surface area contributed by atoms with Crippen molar-refractivity contribution in [2.45, 2.75) is 44.8 Å². The van der Waals surface area contributed by atoms with Crippen LogP contribution < -0.4 is 40.0 Å². The molecule has 40 heavy (non-hydrogen) atoms. The van der Waals surface area contributed by atoms with Crippen molar-refractivity contribution in [3.05, 3.63) is 77.7 Å². The number of nitrogens with zero attached hydrogens (tertiary/aromatic N) is 4. The van der Waals surface area contributed by atoms with E-state index in [9.17, 15) is 24.5 Å². The average Bonchev–Trinajstić information content (AvgIpc) is 3.36. The maximum absolute atomic E-state index is 13.7. The summed E-state index contributed by atoms with van der Waals surface area (Å²) in [5.41, 5.74) is 3.26. The van der Waals surface area contributed by atoms with E-state index in [2.05, 4.69) is 19.7 Å². The quantitative estimate of drug-likeness (QED) is 0.224. The summed E-state index contributed by atoms with van der Waals surface area (Å²) in [5.74, 6) is -1.29.